The number of anilines is 1. The van der Waals surface area contributed by atoms with Crippen LogP contribution in [0, 0.1) is 15.9 Å². The molecule has 1 amide bonds. The predicted molar refractivity (Wildman–Crippen MR) is 91.3 cm³/mol. The molecule has 0 aromatic heterocycles. The smallest absolute Gasteiger partial charge is 0.282 e. The number of hydrogen-bond donors (Lipinski definition) is 3. The van der Waals surface area contributed by atoms with E-state index in [-0.39, 0.29) is 21.4 Å². The molecule has 2 aromatic carbocycles. The van der Waals surface area contributed by atoms with Crippen molar-refractivity contribution in [2.75, 3.05) is 5.32 Å². The fraction of sp³-hybridized carbons (Fsp3) is 0. The van der Waals surface area contributed by atoms with Gasteiger partial charge in [0.1, 0.15) is 11.4 Å². The highest BCUT2D eigenvalue weighted by atomic mass is 35.5. The van der Waals surface area contributed by atoms with E-state index in [1.54, 1.807) is 6.07 Å². The summed E-state index contributed by atoms with van der Waals surface area (Å²) in [6.07, 6.45) is 0. The third kappa shape index (κ3) is 4.37. The minimum Gasteiger partial charge on any atom is -0.329 e. The molecule has 0 saturated carbocycles. The second-order valence-corrected chi connectivity index (χ2v) is 5.28. The monoisotopic (exact) mass is 368 g/mol. The molecule has 3 N–H and O–H groups in total. The van der Waals surface area contributed by atoms with Crippen molar-refractivity contribution in [3.05, 3.63) is 69.0 Å². The minimum atomic E-state index is -0.818. The topological polar surface area (TPSA) is 96.3 Å². The zero-order chi connectivity index (χ0) is 17.7. The molecular formula is C14H10ClFN4O3S. The highest BCUT2D eigenvalue weighted by Gasteiger charge is 2.20. The highest BCUT2D eigenvalue weighted by molar-refractivity contribution is 7.80. The van der Waals surface area contributed by atoms with Crippen molar-refractivity contribution in [2.45, 2.75) is 0 Å². The number of nitrogens with one attached hydrogen (secondary N) is 3. The Labute approximate surface area is 145 Å². The molecule has 124 valence electrons. The van der Waals surface area contributed by atoms with Crippen LogP contribution in [0.1, 0.15) is 10.4 Å². The zero-order valence-corrected chi connectivity index (χ0v) is 13.5. The first-order chi connectivity index (χ1) is 11.4. The van der Waals surface area contributed by atoms with Crippen LogP contribution in [-0.2, 0) is 0 Å². The number of carbonyl (C=O) groups excluding carboxylic acids is 1. The Morgan fingerprint density at radius 3 is 2.58 bits per heavy atom. The molecule has 2 rings (SSSR count). The molecule has 0 heterocycles. The molecule has 0 fully saturated rings. The predicted octanol–water partition coefficient (Wildman–Crippen LogP) is 3.02. The van der Waals surface area contributed by atoms with Gasteiger partial charge in [0.15, 0.2) is 5.11 Å². The SMILES string of the molecule is O=C(NNC(=S)Nc1ccccc1F)c1cc(Cl)ccc1[N+](=O)[O-]. The summed E-state index contributed by atoms with van der Waals surface area (Å²) in [5, 5.41) is 13.5. The van der Waals surface area contributed by atoms with Gasteiger partial charge in [0, 0.05) is 11.1 Å². The van der Waals surface area contributed by atoms with E-state index in [4.69, 9.17) is 23.8 Å². The number of hydrogen-bond acceptors (Lipinski definition) is 4. The summed E-state index contributed by atoms with van der Waals surface area (Å²) in [4.78, 5) is 22.3. The van der Waals surface area contributed by atoms with E-state index in [9.17, 15) is 19.3 Å². The lowest BCUT2D eigenvalue weighted by Gasteiger charge is -2.12. The number of amides is 1. The maximum Gasteiger partial charge on any atom is 0.282 e. The van der Waals surface area contributed by atoms with Crippen LogP contribution < -0.4 is 16.2 Å². The number of halogens is 2. The van der Waals surface area contributed by atoms with Crippen molar-refractivity contribution in [1.82, 2.24) is 10.9 Å². The van der Waals surface area contributed by atoms with Crippen LogP contribution in [0.2, 0.25) is 5.02 Å². The van der Waals surface area contributed by atoms with Gasteiger partial charge < -0.3 is 5.32 Å². The number of hydrazine groups is 1. The number of rotatable bonds is 3. The van der Waals surface area contributed by atoms with E-state index in [2.05, 4.69) is 16.2 Å². The Morgan fingerprint density at radius 1 is 1.21 bits per heavy atom. The summed E-state index contributed by atoms with van der Waals surface area (Å²) in [6.45, 7) is 0. The standard InChI is InChI=1S/C14H10ClFN4O3S/c15-8-5-6-12(20(22)23)9(7-8)13(21)18-19-14(24)17-11-4-2-1-3-10(11)16/h1-7H,(H,18,21)(H2,17,19,24). The van der Waals surface area contributed by atoms with E-state index in [1.165, 1.54) is 24.3 Å². The Balaban J connectivity index is 2.03. The second kappa shape index (κ2) is 7.66. The lowest BCUT2D eigenvalue weighted by Crippen LogP contribution is -2.44. The fourth-order valence-electron chi connectivity index (χ4n) is 1.75. The average Bonchev–Trinajstić information content (AvgIpc) is 2.54. The summed E-state index contributed by atoms with van der Waals surface area (Å²) < 4.78 is 13.5. The third-order valence-corrected chi connectivity index (χ3v) is 3.25. The number of benzene rings is 2. The minimum absolute atomic E-state index is 0.0990. The van der Waals surface area contributed by atoms with Gasteiger partial charge in [-0.2, -0.15) is 0 Å². The van der Waals surface area contributed by atoms with Crippen molar-refractivity contribution >= 4 is 46.2 Å². The number of nitro benzene ring substituents is 1. The number of para-hydroxylation sites is 1. The lowest BCUT2D eigenvalue weighted by atomic mass is 10.2. The molecular weight excluding hydrogens is 359 g/mol. The van der Waals surface area contributed by atoms with Gasteiger partial charge in [0.25, 0.3) is 11.6 Å². The van der Waals surface area contributed by atoms with Crippen molar-refractivity contribution in [1.29, 1.82) is 0 Å². The van der Waals surface area contributed by atoms with Crippen LogP contribution in [0.3, 0.4) is 0 Å². The van der Waals surface area contributed by atoms with Crippen LogP contribution in [0.5, 0.6) is 0 Å². The molecule has 0 aliphatic heterocycles. The van der Waals surface area contributed by atoms with Crippen LogP contribution in [-0.4, -0.2) is 15.9 Å². The number of nitrogens with zero attached hydrogens (tertiary/aromatic N) is 1. The van der Waals surface area contributed by atoms with E-state index in [1.807, 2.05) is 0 Å². The van der Waals surface area contributed by atoms with Crippen LogP contribution >= 0.6 is 23.8 Å². The van der Waals surface area contributed by atoms with Gasteiger partial charge in [0.05, 0.1) is 10.6 Å². The van der Waals surface area contributed by atoms with Crippen molar-refractivity contribution < 1.29 is 14.1 Å². The summed E-state index contributed by atoms with van der Waals surface area (Å²) in [5.41, 5.74) is 3.97. The van der Waals surface area contributed by atoms with E-state index < -0.39 is 22.3 Å². The summed E-state index contributed by atoms with van der Waals surface area (Å²) in [6, 6.07) is 9.37. The molecule has 0 radical (unpaired) electrons. The molecule has 0 aliphatic rings. The lowest BCUT2D eigenvalue weighted by molar-refractivity contribution is -0.385. The molecule has 10 heteroatoms. The third-order valence-electron chi connectivity index (χ3n) is 2.81. The zero-order valence-electron chi connectivity index (χ0n) is 11.9. The van der Waals surface area contributed by atoms with Gasteiger partial charge in [0.2, 0.25) is 0 Å². The number of nitro groups is 1. The Morgan fingerprint density at radius 2 is 1.92 bits per heavy atom. The summed E-state index contributed by atoms with van der Waals surface area (Å²) in [5.74, 6) is -1.35. The van der Waals surface area contributed by atoms with E-state index >= 15 is 0 Å². The van der Waals surface area contributed by atoms with Gasteiger partial charge in [-0.05, 0) is 36.5 Å². The molecule has 0 bridgehead atoms. The van der Waals surface area contributed by atoms with Crippen molar-refractivity contribution in [3.8, 4) is 0 Å². The maximum absolute atomic E-state index is 13.5. The maximum atomic E-state index is 13.5. The molecule has 2 aromatic rings. The summed E-state index contributed by atoms with van der Waals surface area (Å²) in [7, 11) is 0. The first kappa shape index (κ1) is 17.6. The number of carbonyl (C=O) groups is 1. The van der Waals surface area contributed by atoms with Gasteiger partial charge in [-0.25, -0.2) is 4.39 Å². The molecule has 0 aliphatic carbocycles. The Kier molecular flexibility index (Phi) is 5.61. The fourth-order valence-corrected chi connectivity index (χ4v) is 2.08. The largest absolute Gasteiger partial charge is 0.329 e. The van der Waals surface area contributed by atoms with Crippen molar-refractivity contribution in [2.24, 2.45) is 0 Å². The average molecular weight is 369 g/mol. The van der Waals surface area contributed by atoms with Crippen LogP contribution in [0.25, 0.3) is 0 Å². The highest BCUT2D eigenvalue weighted by Crippen LogP contribution is 2.22. The van der Waals surface area contributed by atoms with Gasteiger partial charge >= 0.3 is 0 Å². The Hall–Kier alpha value is -2.78. The molecule has 7 nitrogen and oxygen atoms in total. The first-order valence-corrected chi connectivity index (χ1v) is 7.23. The van der Waals surface area contributed by atoms with Gasteiger partial charge in [-0.15, -0.1) is 0 Å². The van der Waals surface area contributed by atoms with Crippen LogP contribution in [0.15, 0.2) is 42.5 Å². The summed E-state index contributed by atoms with van der Waals surface area (Å²) >= 11 is 10.7. The van der Waals surface area contributed by atoms with Gasteiger partial charge in [-0.1, -0.05) is 23.7 Å². The van der Waals surface area contributed by atoms with E-state index in [0.29, 0.717) is 0 Å². The molecule has 24 heavy (non-hydrogen) atoms. The molecule has 0 atom stereocenters. The van der Waals surface area contributed by atoms with E-state index in [0.717, 1.165) is 12.1 Å². The van der Waals surface area contributed by atoms with Crippen LogP contribution in [0.4, 0.5) is 15.8 Å². The normalized spacial score (nSPS) is 9.92. The Bertz CT molecular complexity index is 818. The molecule has 0 spiro atoms. The quantitative estimate of drug-likeness (QED) is 0.438. The molecule has 0 saturated heterocycles. The first-order valence-electron chi connectivity index (χ1n) is 6.44. The molecule has 0 unspecified atom stereocenters. The van der Waals surface area contributed by atoms with Gasteiger partial charge in [-0.3, -0.25) is 25.8 Å². The number of thiocarbonyl (C=S) groups is 1. The van der Waals surface area contributed by atoms with Crippen molar-refractivity contribution in [3.63, 3.8) is 0 Å². The second-order valence-electron chi connectivity index (χ2n) is 4.43.